The van der Waals surface area contributed by atoms with E-state index in [9.17, 15) is 45.5 Å². The number of aliphatic imine (C=N–C) groups is 1. The van der Waals surface area contributed by atoms with Crippen LogP contribution in [0.1, 0.15) is 99.8 Å². The van der Waals surface area contributed by atoms with Gasteiger partial charge in [-0.3, -0.25) is 16.0 Å². The first kappa shape index (κ1) is 51.9. The Bertz CT molecular complexity index is 1690. The highest BCUT2D eigenvalue weighted by atomic mass is 32.1. The molecule has 2 aromatic carbocycles. The number of anilines is 1. The number of benzene rings is 2. The van der Waals surface area contributed by atoms with Gasteiger partial charge in [0.15, 0.2) is 5.11 Å². The van der Waals surface area contributed by atoms with Gasteiger partial charge in [-0.15, -0.1) is 0 Å². The number of carbonyl (C=O) groups excluding carboxylic acids is 4. The number of nitrogens with one attached hydrogen (secondary N) is 3. The molecule has 0 aromatic heterocycles. The van der Waals surface area contributed by atoms with Gasteiger partial charge in [0.25, 0.3) is 0 Å². The summed E-state index contributed by atoms with van der Waals surface area (Å²) in [6.45, 7) is 20.1. The van der Waals surface area contributed by atoms with Gasteiger partial charge in [0.05, 0.1) is 11.1 Å². The van der Waals surface area contributed by atoms with Crippen molar-refractivity contribution in [1.29, 1.82) is 0 Å². The molecule has 0 unspecified atom stereocenters. The van der Waals surface area contributed by atoms with Gasteiger partial charge in [0.2, 0.25) is 0 Å². The maximum absolute atomic E-state index is 12.9. The maximum Gasteiger partial charge on any atom is 0.435 e. The minimum Gasteiger partial charge on any atom is -0.444 e. The summed E-state index contributed by atoms with van der Waals surface area (Å²) in [7, 11) is 0. The van der Waals surface area contributed by atoms with Crippen molar-refractivity contribution in [2.45, 2.75) is 124 Å². The molecule has 0 aliphatic heterocycles. The molecule has 0 fully saturated rings. The van der Waals surface area contributed by atoms with Gasteiger partial charge in [-0.1, -0.05) is 24.3 Å². The third kappa shape index (κ3) is 27.2. The third-order valence-corrected chi connectivity index (χ3v) is 5.54. The summed E-state index contributed by atoms with van der Waals surface area (Å²) in [5.74, 6) is -0.192. The Labute approximate surface area is 333 Å². The number of amidine groups is 1. The molecule has 0 heterocycles. The van der Waals surface area contributed by atoms with Crippen LogP contribution in [0.4, 0.5) is 51.2 Å². The zero-order valence-corrected chi connectivity index (χ0v) is 34.6. The fraction of sp³-hybridized carbons (Fsp3) is 0.514. The van der Waals surface area contributed by atoms with Crippen molar-refractivity contribution in [3.05, 3.63) is 65.2 Å². The highest BCUT2D eigenvalue weighted by Crippen LogP contribution is 2.30. The number of hydrogen-bond donors (Lipinski definition) is 4. The molecule has 320 valence electrons. The summed E-state index contributed by atoms with van der Waals surface area (Å²) in [5.41, 5.74) is 1.02. The van der Waals surface area contributed by atoms with Gasteiger partial charge in [0.1, 0.15) is 28.2 Å². The summed E-state index contributed by atoms with van der Waals surface area (Å²) in [5, 5.41) is 6.56. The molecule has 0 bridgehead atoms. The van der Waals surface area contributed by atoms with E-state index in [4.69, 9.17) is 36.9 Å². The summed E-state index contributed by atoms with van der Waals surface area (Å²) < 4.78 is 94.5. The number of ether oxygens (including phenoxy) is 4. The second kappa shape index (κ2) is 20.9. The van der Waals surface area contributed by atoms with Gasteiger partial charge in [0, 0.05) is 12.1 Å². The van der Waals surface area contributed by atoms with Crippen molar-refractivity contribution in [1.82, 2.24) is 16.0 Å². The molecule has 5 N–H and O–H groups in total. The molecule has 2 rings (SSSR count). The van der Waals surface area contributed by atoms with Crippen LogP contribution in [-0.4, -0.2) is 57.7 Å². The molecule has 57 heavy (non-hydrogen) atoms. The van der Waals surface area contributed by atoms with Crippen molar-refractivity contribution >= 4 is 53.2 Å². The van der Waals surface area contributed by atoms with Crippen LogP contribution < -0.4 is 21.7 Å². The molecule has 0 spiro atoms. The fourth-order valence-electron chi connectivity index (χ4n) is 3.52. The standard InChI is InChI=1S/C19H25F3N2O4.C11H20N2O4S.C7H6F3N/c1-17(2,3)27-15(25)23-14(24-16(26)28-18(4,5)6)11-12-8-7-9-13(10-12)19(20,21)22;1-10(2,3)16-8(14)12-7(18)13-9(15)17-11(4,5)6;8-7(9,10)5-2-1-3-6(11)4-5/h7-10H,11H2,1-6H3,(H,23,24,25,26);1-6H3,(H2,12,13,14,15,18);1-4H,11H2. The van der Waals surface area contributed by atoms with Gasteiger partial charge < -0.3 is 24.7 Å². The molecule has 20 heteroatoms. The normalized spacial score (nSPS) is 12.3. The number of alkyl halides is 6. The number of thiocarbonyl (C=S) groups is 1. The average Bonchev–Trinajstić information content (AvgIpc) is 2.92. The Balaban J connectivity index is 0.000000919. The number of hydrogen-bond acceptors (Lipinski definition) is 10. The zero-order chi connectivity index (χ0) is 44.8. The van der Waals surface area contributed by atoms with E-state index in [0.717, 1.165) is 24.3 Å². The van der Waals surface area contributed by atoms with Gasteiger partial charge >= 0.3 is 36.7 Å². The smallest absolute Gasteiger partial charge is 0.435 e. The first-order valence-electron chi connectivity index (χ1n) is 16.9. The molecule has 13 nitrogen and oxygen atoms in total. The lowest BCUT2D eigenvalue weighted by atomic mass is 10.1. The van der Waals surface area contributed by atoms with Crippen LogP contribution in [0, 0.1) is 0 Å². The summed E-state index contributed by atoms with van der Waals surface area (Å²) in [6, 6.07) is 9.08. The molecular formula is C37H51F6N5O8S. The van der Waals surface area contributed by atoms with Crippen LogP contribution in [0.25, 0.3) is 0 Å². The highest BCUT2D eigenvalue weighted by Gasteiger charge is 2.31. The molecule has 2 aromatic rings. The fourth-order valence-corrected chi connectivity index (χ4v) is 3.68. The number of rotatable bonds is 2. The number of nitrogens with two attached hydrogens (primary N) is 1. The Kier molecular flexibility index (Phi) is 19.0. The Morgan fingerprint density at radius 3 is 1.32 bits per heavy atom. The number of alkyl carbamates (subject to hydrolysis) is 3. The monoisotopic (exact) mass is 839 g/mol. The lowest BCUT2D eigenvalue weighted by Crippen LogP contribution is -2.45. The van der Waals surface area contributed by atoms with Crippen LogP contribution in [0.2, 0.25) is 0 Å². The summed E-state index contributed by atoms with van der Waals surface area (Å²) in [6.07, 6.45) is -12.4. The first-order chi connectivity index (χ1) is 25.4. The van der Waals surface area contributed by atoms with Crippen LogP contribution in [0.3, 0.4) is 0 Å². The van der Waals surface area contributed by atoms with E-state index in [2.05, 4.69) is 20.9 Å². The molecular weight excluding hydrogens is 788 g/mol. The van der Waals surface area contributed by atoms with Crippen LogP contribution in [-0.2, 0) is 37.7 Å². The Hall–Kier alpha value is -5.14. The van der Waals surface area contributed by atoms with E-state index in [1.54, 1.807) is 83.1 Å². The van der Waals surface area contributed by atoms with Crippen molar-refractivity contribution in [3.8, 4) is 0 Å². The largest absolute Gasteiger partial charge is 0.444 e. The predicted octanol–water partition coefficient (Wildman–Crippen LogP) is 9.71. The molecule has 0 aliphatic rings. The number of amides is 4. The van der Waals surface area contributed by atoms with Gasteiger partial charge in [-0.05, 0) is 125 Å². The quantitative estimate of drug-likeness (QED) is 0.0568. The van der Waals surface area contributed by atoms with Crippen molar-refractivity contribution < 1.29 is 64.5 Å². The third-order valence-electron chi connectivity index (χ3n) is 5.33. The number of nitrogens with zero attached hydrogens (tertiary/aromatic N) is 1. The average molecular weight is 840 g/mol. The minimum atomic E-state index is -4.52. The Morgan fingerprint density at radius 1 is 0.596 bits per heavy atom. The van der Waals surface area contributed by atoms with E-state index in [1.165, 1.54) is 24.3 Å². The lowest BCUT2D eigenvalue weighted by molar-refractivity contribution is -0.138. The second-order valence-electron chi connectivity index (χ2n) is 15.7. The topological polar surface area (TPSA) is 180 Å². The predicted molar refractivity (Wildman–Crippen MR) is 205 cm³/mol. The Morgan fingerprint density at radius 2 is 0.965 bits per heavy atom. The number of halogens is 6. The van der Waals surface area contributed by atoms with Crippen molar-refractivity contribution in [3.63, 3.8) is 0 Å². The van der Waals surface area contributed by atoms with Crippen LogP contribution in [0.15, 0.2) is 53.5 Å². The van der Waals surface area contributed by atoms with Crippen molar-refractivity contribution in [2.24, 2.45) is 4.99 Å². The SMILES string of the molecule is CC(C)(C)OC(=O)N=C(Cc1cccc(C(F)(F)F)c1)NC(=O)OC(C)(C)C.CC(C)(C)OC(=O)NC(=S)NC(=O)OC(C)(C)C.Nc1cccc(C(F)(F)F)c1. The number of carbonyl (C=O) groups is 4. The lowest BCUT2D eigenvalue weighted by Gasteiger charge is -2.21. The number of nitrogen functional groups attached to an aromatic ring is 1. The highest BCUT2D eigenvalue weighted by molar-refractivity contribution is 7.80. The molecule has 0 atom stereocenters. The zero-order valence-electron chi connectivity index (χ0n) is 33.8. The second-order valence-corrected chi connectivity index (χ2v) is 16.2. The van der Waals surface area contributed by atoms with E-state index in [-0.39, 0.29) is 28.6 Å². The van der Waals surface area contributed by atoms with E-state index >= 15 is 0 Å². The van der Waals surface area contributed by atoms with E-state index < -0.39 is 70.3 Å². The van der Waals surface area contributed by atoms with Crippen molar-refractivity contribution in [2.75, 3.05) is 5.73 Å². The molecule has 0 aliphatic carbocycles. The van der Waals surface area contributed by atoms with Crippen LogP contribution in [0.5, 0.6) is 0 Å². The first-order valence-corrected chi connectivity index (χ1v) is 17.3. The maximum atomic E-state index is 12.9. The van der Waals surface area contributed by atoms with Crippen LogP contribution >= 0.6 is 12.2 Å². The van der Waals surface area contributed by atoms with Gasteiger partial charge in [-0.2, -0.15) is 31.3 Å². The van der Waals surface area contributed by atoms with E-state index in [1.807, 2.05) is 0 Å². The molecule has 0 radical (unpaired) electrons. The van der Waals surface area contributed by atoms with E-state index in [0.29, 0.717) is 0 Å². The van der Waals surface area contributed by atoms with Gasteiger partial charge in [-0.25, -0.2) is 19.2 Å². The molecule has 4 amide bonds. The minimum absolute atomic E-state index is 0.125. The summed E-state index contributed by atoms with van der Waals surface area (Å²) >= 11 is 4.76. The summed E-state index contributed by atoms with van der Waals surface area (Å²) in [4.78, 5) is 50.3. The molecule has 0 saturated heterocycles. The molecule has 0 saturated carbocycles.